The molecule has 1 N–H and O–H groups in total. The van der Waals surface area contributed by atoms with Gasteiger partial charge in [0.1, 0.15) is 0 Å². The molecular weight excluding hydrogens is 401 g/mol. The van der Waals surface area contributed by atoms with E-state index < -0.39 is 0 Å². The van der Waals surface area contributed by atoms with E-state index in [9.17, 15) is 0 Å². The third kappa shape index (κ3) is 3.80. The molecule has 3 aromatic rings. The molecule has 2 aliphatic rings. The average molecular weight is 434 g/mol. The van der Waals surface area contributed by atoms with Crippen LogP contribution in [0, 0.1) is 25.1 Å². The highest BCUT2D eigenvalue weighted by Gasteiger charge is 2.40. The predicted octanol–water partition coefficient (Wildman–Crippen LogP) is 6.79. The molecule has 6 heteroatoms. The highest BCUT2D eigenvalue weighted by atomic mass is 19.1. The van der Waals surface area contributed by atoms with Gasteiger partial charge in [-0.25, -0.2) is 13.9 Å². The van der Waals surface area contributed by atoms with Gasteiger partial charge in [0.25, 0.3) is 0 Å². The van der Waals surface area contributed by atoms with Gasteiger partial charge in [0.2, 0.25) is 5.95 Å². The van der Waals surface area contributed by atoms with E-state index in [4.69, 9.17) is 4.98 Å². The molecular formula is C26H32FN5. The number of aryl methyl sites for hydroxylation is 2. The number of benzene rings is 1. The van der Waals surface area contributed by atoms with Gasteiger partial charge < -0.3 is 5.32 Å². The first-order valence-electron chi connectivity index (χ1n) is 11.8. The van der Waals surface area contributed by atoms with Crippen LogP contribution in [0.5, 0.6) is 0 Å². The molecule has 2 aliphatic carbocycles. The van der Waals surface area contributed by atoms with Gasteiger partial charge in [-0.05, 0) is 94.9 Å². The van der Waals surface area contributed by atoms with E-state index in [0.717, 1.165) is 41.1 Å². The number of nitrogens with one attached hydrogen (secondary N) is 1. The first-order chi connectivity index (χ1) is 15.3. The molecule has 2 aromatic heterocycles. The van der Waals surface area contributed by atoms with Crippen molar-refractivity contribution in [2.24, 2.45) is 10.4 Å². The van der Waals surface area contributed by atoms with Crippen molar-refractivity contribution in [1.29, 1.82) is 0 Å². The SMILES string of the molecule is CC(C)=Nc1ccc(-c2c(F)cn3nc(NC4CCC5(CCC5)CC4)nc(C)c23)cc1C. The number of rotatable bonds is 4. The van der Waals surface area contributed by atoms with Crippen LogP contribution in [0.4, 0.5) is 16.0 Å². The van der Waals surface area contributed by atoms with Crippen LogP contribution < -0.4 is 5.32 Å². The molecule has 32 heavy (non-hydrogen) atoms. The van der Waals surface area contributed by atoms with E-state index in [1.807, 2.05) is 45.9 Å². The lowest BCUT2D eigenvalue weighted by atomic mass is 9.60. The second-order valence-electron chi connectivity index (χ2n) is 10.00. The highest BCUT2D eigenvalue weighted by Crippen LogP contribution is 2.51. The highest BCUT2D eigenvalue weighted by molar-refractivity contribution is 5.86. The summed E-state index contributed by atoms with van der Waals surface area (Å²) >= 11 is 0. The molecule has 2 saturated carbocycles. The summed E-state index contributed by atoms with van der Waals surface area (Å²) in [5.74, 6) is 0.303. The molecule has 5 rings (SSSR count). The summed E-state index contributed by atoms with van der Waals surface area (Å²) in [5, 5.41) is 8.14. The number of fused-ring (bicyclic) bond motifs is 1. The van der Waals surface area contributed by atoms with Crippen molar-refractivity contribution < 1.29 is 4.39 Å². The fourth-order valence-corrected chi connectivity index (χ4v) is 5.47. The van der Waals surface area contributed by atoms with E-state index in [-0.39, 0.29) is 5.82 Å². The lowest BCUT2D eigenvalue weighted by Crippen LogP contribution is -2.38. The van der Waals surface area contributed by atoms with Crippen molar-refractivity contribution in [3.63, 3.8) is 0 Å². The number of halogens is 1. The Morgan fingerprint density at radius 1 is 1.16 bits per heavy atom. The van der Waals surface area contributed by atoms with Crippen molar-refractivity contribution >= 4 is 22.9 Å². The van der Waals surface area contributed by atoms with Gasteiger partial charge in [0.05, 0.1) is 23.1 Å². The van der Waals surface area contributed by atoms with Crippen LogP contribution in [0.2, 0.25) is 0 Å². The van der Waals surface area contributed by atoms with E-state index >= 15 is 4.39 Å². The van der Waals surface area contributed by atoms with Gasteiger partial charge in [-0.1, -0.05) is 12.5 Å². The average Bonchev–Trinajstić information content (AvgIpc) is 3.05. The summed E-state index contributed by atoms with van der Waals surface area (Å²) in [6.45, 7) is 7.88. The number of nitrogens with zero attached hydrogens (tertiary/aromatic N) is 4. The molecule has 0 unspecified atom stereocenters. The van der Waals surface area contributed by atoms with E-state index in [0.29, 0.717) is 28.5 Å². The van der Waals surface area contributed by atoms with Crippen LogP contribution in [0.1, 0.15) is 70.1 Å². The Balaban J connectivity index is 1.43. The fraction of sp³-hybridized carbons (Fsp3) is 0.500. The number of aromatic nitrogens is 3. The molecule has 0 amide bonds. The second-order valence-corrected chi connectivity index (χ2v) is 10.00. The van der Waals surface area contributed by atoms with Gasteiger partial charge in [0, 0.05) is 17.3 Å². The van der Waals surface area contributed by atoms with E-state index in [2.05, 4.69) is 15.4 Å². The molecule has 1 aromatic carbocycles. The summed E-state index contributed by atoms with van der Waals surface area (Å²) in [6, 6.07) is 6.27. The molecule has 2 fully saturated rings. The Labute approximate surface area is 189 Å². The third-order valence-corrected chi connectivity index (χ3v) is 7.38. The first kappa shape index (κ1) is 21.1. The lowest BCUT2D eigenvalue weighted by molar-refractivity contribution is 0.0729. The molecule has 5 nitrogen and oxygen atoms in total. The molecule has 0 atom stereocenters. The summed E-state index contributed by atoms with van der Waals surface area (Å²) in [6.07, 6.45) is 10.6. The summed E-state index contributed by atoms with van der Waals surface area (Å²) < 4.78 is 16.7. The minimum absolute atomic E-state index is 0.286. The van der Waals surface area contributed by atoms with Gasteiger partial charge in [-0.15, -0.1) is 5.10 Å². The summed E-state index contributed by atoms with van der Waals surface area (Å²) in [4.78, 5) is 9.27. The van der Waals surface area contributed by atoms with Gasteiger partial charge in [0.15, 0.2) is 5.82 Å². The largest absolute Gasteiger partial charge is 0.350 e. The van der Waals surface area contributed by atoms with Crippen molar-refractivity contribution in [2.45, 2.75) is 78.7 Å². The topological polar surface area (TPSA) is 54.6 Å². The monoisotopic (exact) mass is 433 g/mol. The second kappa shape index (κ2) is 7.98. The predicted molar refractivity (Wildman–Crippen MR) is 128 cm³/mol. The van der Waals surface area contributed by atoms with Crippen molar-refractivity contribution in [1.82, 2.24) is 14.6 Å². The Hall–Kier alpha value is -2.76. The number of hydrogen-bond acceptors (Lipinski definition) is 4. The smallest absolute Gasteiger partial charge is 0.241 e. The normalized spacial score (nSPS) is 18.0. The maximum Gasteiger partial charge on any atom is 0.241 e. The number of anilines is 1. The molecule has 0 saturated heterocycles. The minimum Gasteiger partial charge on any atom is -0.350 e. The minimum atomic E-state index is -0.286. The molecule has 168 valence electrons. The van der Waals surface area contributed by atoms with E-state index in [1.165, 1.54) is 38.3 Å². The van der Waals surface area contributed by atoms with Crippen LogP contribution in [0.25, 0.3) is 16.6 Å². The van der Waals surface area contributed by atoms with Gasteiger partial charge >= 0.3 is 0 Å². The van der Waals surface area contributed by atoms with Crippen molar-refractivity contribution in [3.05, 3.63) is 41.5 Å². The Kier molecular flexibility index (Phi) is 5.26. The fourth-order valence-electron chi connectivity index (χ4n) is 5.47. The van der Waals surface area contributed by atoms with Gasteiger partial charge in [-0.3, -0.25) is 4.99 Å². The Bertz CT molecular complexity index is 1190. The van der Waals surface area contributed by atoms with Crippen LogP contribution in [0.3, 0.4) is 0 Å². The maximum atomic E-state index is 15.1. The van der Waals surface area contributed by atoms with Crippen LogP contribution >= 0.6 is 0 Å². The molecule has 0 aliphatic heterocycles. The molecule has 0 radical (unpaired) electrons. The molecule has 0 bridgehead atoms. The molecule has 2 heterocycles. The number of aliphatic imine (C=N–C) groups is 1. The Morgan fingerprint density at radius 2 is 1.91 bits per heavy atom. The number of hydrogen-bond donors (Lipinski definition) is 1. The summed E-state index contributed by atoms with van der Waals surface area (Å²) in [7, 11) is 0. The van der Waals surface area contributed by atoms with Crippen LogP contribution in [0.15, 0.2) is 29.4 Å². The van der Waals surface area contributed by atoms with E-state index in [1.54, 1.807) is 4.52 Å². The van der Waals surface area contributed by atoms with Crippen LogP contribution in [-0.2, 0) is 0 Å². The zero-order chi connectivity index (χ0) is 22.5. The maximum absolute atomic E-state index is 15.1. The summed E-state index contributed by atoms with van der Waals surface area (Å²) in [5.41, 5.74) is 6.41. The zero-order valence-electron chi connectivity index (χ0n) is 19.5. The van der Waals surface area contributed by atoms with Crippen molar-refractivity contribution in [3.8, 4) is 11.1 Å². The standard InChI is InChI=1S/C26H32FN5/c1-16(2)28-22-7-6-19(14-17(22)3)23-21(27)15-32-24(23)18(4)29-25(31-32)30-20-8-12-26(13-9-20)10-5-11-26/h6-7,14-15,20H,5,8-13H2,1-4H3,(H,30,31). The first-order valence-corrected chi connectivity index (χ1v) is 11.8. The zero-order valence-corrected chi connectivity index (χ0v) is 19.5. The molecule has 1 spiro atoms. The van der Waals surface area contributed by atoms with Crippen LogP contribution in [-0.4, -0.2) is 26.4 Å². The quantitative estimate of drug-likeness (QED) is 0.461. The Morgan fingerprint density at radius 3 is 2.53 bits per heavy atom. The van der Waals surface area contributed by atoms with Gasteiger partial charge in [-0.2, -0.15) is 0 Å². The van der Waals surface area contributed by atoms with Crippen molar-refractivity contribution in [2.75, 3.05) is 5.32 Å². The third-order valence-electron chi connectivity index (χ3n) is 7.38. The lowest BCUT2D eigenvalue weighted by Gasteiger charge is -2.47.